The number of aromatic nitrogens is 1. The van der Waals surface area contributed by atoms with Crippen LogP contribution >= 0.6 is 0 Å². The molecule has 1 aromatic heterocycles. The van der Waals surface area contributed by atoms with Gasteiger partial charge in [-0.3, -0.25) is 14.0 Å². The van der Waals surface area contributed by atoms with Gasteiger partial charge in [-0.2, -0.15) is 0 Å². The highest BCUT2D eigenvalue weighted by molar-refractivity contribution is 6.00. The van der Waals surface area contributed by atoms with Crippen LogP contribution in [0.2, 0.25) is 0 Å². The van der Waals surface area contributed by atoms with Crippen molar-refractivity contribution in [1.82, 2.24) is 10.3 Å². The van der Waals surface area contributed by atoms with E-state index in [0.717, 1.165) is 18.8 Å². The predicted molar refractivity (Wildman–Crippen MR) is 102 cm³/mol. The second-order valence-electron chi connectivity index (χ2n) is 7.52. The molecular formula is C22H23FN2O3. The lowest BCUT2D eigenvalue weighted by atomic mass is 9.93. The van der Waals surface area contributed by atoms with Crippen molar-refractivity contribution in [3.8, 4) is 0 Å². The summed E-state index contributed by atoms with van der Waals surface area (Å²) in [6.45, 7) is 0.795. The Labute approximate surface area is 163 Å². The molecule has 0 radical (unpaired) electrons. The van der Waals surface area contributed by atoms with Gasteiger partial charge in [0.1, 0.15) is 12.4 Å². The zero-order chi connectivity index (χ0) is 19.7. The molecule has 1 aromatic carbocycles. The summed E-state index contributed by atoms with van der Waals surface area (Å²) in [4.78, 5) is 29.4. The van der Waals surface area contributed by atoms with E-state index in [1.807, 2.05) is 30.3 Å². The van der Waals surface area contributed by atoms with Crippen LogP contribution in [-0.4, -0.2) is 43.6 Å². The molecule has 1 aliphatic carbocycles. The van der Waals surface area contributed by atoms with Gasteiger partial charge in [0.15, 0.2) is 5.78 Å². The second-order valence-corrected chi connectivity index (χ2v) is 7.52. The first kappa shape index (κ1) is 18.7. The molecule has 1 aliphatic heterocycles. The number of carbonyl (C=O) groups excluding carboxylic acids is 2. The molecule has 2 fully saturated rings. The third-order valence-corrected chi connectivity index (χ3v) is 5.89. The van der Waals surface area contributed by atoms with E-state index in [1.54, 1.807) is 6.07 Å². The van der Waals surface area contributed by atoms with E-state index >= 15 is 0 Å². The number of halogens is 1. The normalized spacial score (nSPS) is 23.7. The Bertz CT molecular complexity index is 877. The molecule has 28 heavy (non-hydrogen) atoms. The summed E-state index contributed by atoms with van der Waals surface area (Å²) >= 11 is 0. The highest BCUT2D eigenvalue weighted by Crippen LogP contribution is 2.53. The number of fused-ring (bicyclic) bond motifs is 1. The van der Waals surface area contributed by atoms with Gasteiger partial charge in [0.2, 0.25) is 0 Å². The first-order valence-corrected chi connectivity index (χ1v) is 9.58. The van der Waals surface area contributed by atoms with Crippen LogP contribution in [0.5, 0.6) is 0 Å². The van der Waals surface area contributed by atoms with Crippen molar-refractivity contribution in [3.05, 3.63) is 65.0 Å². The number of amides is 1. The third kappa shape index (κ3) is 3.56. The number of ether oxygens (including phenoxy) is 1. The van der Waals surface area contributed by atoms with E-state index in [4.69, 9.17) is 4.74 Å². The summed E-state index contributed by atoms with van der Waals surface area (Å²) in [6.07, 6.45) is 0.432. The van der Waals surface area contributed by atoms with Crippen molar-refractivity contribution in [2.75, 3.05) is 26.9 Å². The summed E-state index contributed by atoms with van der Waals surface area (Å²) < 4.78 is 19.3. The minimum absolute atomic E-state index is 0.0288. The van der Waals surface area contributed by atoms with Gasteiger partial charge in [-0.05, 0) is 35.4 Å². The van der Waals surface area contributed by atoms with Gasteiger partial charge < -0.3 is 10.1 Å². The highest BCUT2D eigenvalue weighted by atomic mass is 19.1. The van der Waals surface area contributed by atoms with E-state index < -0.39 is 18.5 Å². The Morgan fingerprint density at radius 3 is 2.57 bits per heavy atom. The first-order valence-electron chi connectivity index (χ1n) is 9.58. The number of nitrogens with one attached hydrogen (secondary N) is 1. The van der Waals surface area contributed by atoms with Crippen molar-refractivity contribution in [2.45, 2.75) is 12.3 Å². The number of carbonyl (C=O) groups is 2. The quantitative estimate of drug-likeness (QED) is 0.748. The Kier molecular flexibility index (Phi) is 5.22. The molecule has 0 spiro atoms. The standard InChI is InChI=1S/C22H23FN2O3/c1-24-22(27)20-8-14(21(26)9-15-17-11-28-12-18(15)17)7-19(25-20)16(10-23)13-5-3-2-4-6-13/h2-8,15-18H,9-12H2,1H3,(H,24,27)/t15?,16?,17-,18+. The van der Waals surface area contributed by atoms with Crippen molar-refractivity contribution < 1.29 is 18.7 Å². The van der Waals surface area contributed by atoms with Crippen LogP contribution < -0.4 is 5.32 Å². The number of ketones is 1. The average Bonchev–Trinajstić information content (AvgIpc) is 3.14. The van der Waals surface area contributed by atoms with Crippen molar-refractivity contribution in [2.24, 2.45) is 17.8 Å². The van der Waals surface area contributed by atoms with Crippen LogP contribution in [0.4, 0.5) is 4.39 Å². The van der Waals surface area contributed by atoms with E-state index in [-0.39, 0.29) is 11.5 Å². The van der Waals surface area contributed by atoms with Crippen molar-refractivity contribution >= 4 is 11.7 Å². The number of alkyl halides is 1. The molecule has 2 aliphatic rings. The molecule has 146 valence electrons. The van der Waals surface area contributed by atoms with Crippen LogP contribution in [0.25, 0.3) is 0 Å². The number of hydrogen-bond donors (Lipinski definition) is 1. The number of benzene rings is 1. The van der Waals surface area contributed by atoms with E-state index in [9.17, 15) is 14.0 Å². The van der Waals surface area contributed by atoms with Gasteiger partial charge in [-0.1, -0.05) is 30.3 Å². The molecule has 1 N–H and O–H groups in total. The molecule has 4 atom stereocenters. The monoisotopic (exact) mass is 382 g/mol. The zero-order valence-electron chi connectivity index (χ0n) is 15.7. The topological polar surface area (TPSA) is 68.3 Å². The van der Waals surface area contributed by atoms with Crippen LogP contribution in [0, 0.1) is 17.8 Å². The van der Waals surface area contributed by atoms with Gasteiger partial charge in [-0.25, -0.2) is 4.98 Å². The molecule has 1 amide bonds. The van der Waals surface area contributed by atoms with Gasteiger partial charge in [0.05, 0.1) is 24.8 Å². The molecule has 6 heteroatoms. The van der Waals surface area contributed by atoms with E-state index in [1.165, 1.54) is 13.1 Å². The summed E-state index contributed by atoms with van der Waals surface area (Å²) in [5.74, 6) is 0.272. The lowest BCUT2D eigenvalue weighted by Gasteiger charge is -2.16. The van der Waals surface area contributed by atoms with Gasteiger partial charge >= 0.3 is 0 Å². The maximum Gasteiger partial charge on any atom is 0.269 e. The summed E-state index contributed by atoms with van der Waals surface area (Å²) in [6, 6.07) is 12.3. The van der Waals surface area contributed by atoms with Crippen LogP contribution in [0.1, 0.15) is 44.4 Å². The van der Waals surface area contributed by atoms with Crippen LogP contribution in [0.15, 0.2) is 42.5 Å². The van der Waals surface area contributed by atoms with Crippen LogP contribution in [0.3, 0.4) is 0 Å². The molecule has 2 heterocycles. The minimum Gasteiger partial charge on any atom is -0.381 e. The van der Waals surface area contributed by atoms with Crippen molar-refractivity contribution in [1.29, 1.82) is 0 Å². The molecule has 4 rings (SSSR count). The highest BCUT2D eigenvalue weighted by Gasteiger charge is 2.54. The minimum atomic E-state index is -0.661. The fourth-order valence-electron chi connectivity index (χ4n) is 4.15. The number of nitrogens with zero attached hydrogens (tertiary/aromatic N) is 1. The second kappa shape index (κ2) is 7.80. The van der Waals surface area contributed by atoms with E-state index in [2.05, 4.69) is 10.3 Å². The number of rotatable bonds is 7. The number of Topliss-reactive ketones (excluding diaryl/α,β-unsaturated/α-hetero) is 1. The van der Waals surface area contributed by atoms with E-state index in [0.29, 0.717) is 35.4 Å². The lowest BCUT2D eigenvalue weighted by molar-refractivity contribution is 0.0950. The lowest BCUT2D eigenvalue weighted by Crippen LogP contribution is -2.21. The van der Waals surface area contributed by atoms with Gasteiger partial charge in [0, 0.05) is 19.0 Å². The summed E-state index contributed by atoms with van der Waals surface area (Å²) in [5.41, 5.74) is 1.72. The number of pyridine rings is 1. The molecular weight excluding hydrogens is 359 g/mol. The largest absolute Gasteiger partial charge is 0.381 e. The maximum atomic E-state index is 13.9. The molecule has 2 aromatic rings. The maximum absolute atomic E-state index is 13.9. The Balaban J connectivity index is 1.65. The SMILES string of the molecule is CNC(=O)c1cc(C(=O)CC2[C@H]3COC[C@@H]23)cc(C(CF)c2ccccc2)n1. The molecule has 2 unspecified atom stereocenters. The molecule has 1 saturated carbocycles. The summed E-state index contributed by atoms with van der Waals surface area (Å²) in [5, 5.41) is 2.53. The Hall–Kier alpha value is -2.60. The molecule has 5 nitrogen and oxygen atoms in total. The molecule has 1 saturated heterocycles. The Morgan fingerprint density at radius 2 is 1.93 bits per heavy atom. The fraction of sp³-hybridized carbons (Fsp3) is 0.409. The Morgan fingerprint density at radius 1 is 1.21 bits per heavy atom. The summed E-state index contributed by atoms with van der Waals surface area (Å²) in [7, 11) is 1.51. The average molecular weight is 382 g/mol. The zero-order valence-corrected chi connectivity index (χ0v) is 15.7. The smallest absolute Gasteiger partial charge is 0.269 e. The van der Waals surface area contributed by atoms with Gasteiger partial charge in [0.25, 0.3) is 5.91 Å². The predicted octanol–water partition coefficient (Wildman–Crippen LogP) is 3.01. The number of hydrogen-bond acceptors (Lipinski definition) is 4. The molecule has 0 bridgehead atoms. The third-order valence-electron chi connectivity index (χ3n) is 5.89. The van der Waals surface area contributed by atoms with Gasteiger partial charge in [-0.15, -0.1) is 0 Å². The van der Waals surface area contributed by atoms with Crippen LogP contribution in [-0.2, 0) is 4.74 Å². The first-order chi connectivity index (χ1) is 13.6. The van der Waals surface area contributed by atoms with Crippen molar-refractivity contribution in [3.63, 3.8) is 0 Å². The fourth-order valence-corrected chi connectivity index (χ4v) is 4.15.